The van der Waals surface area contributed by atoms with Crippen LogP contribution in [0, 0.1) is 0 Å². The van der Waals surface area contributed by atoms with E-state index in [0.717, 1.165) is 0 Å². The summed E-state index contributed by atoms with van der Waals surface area (Å²) in [5.74, 6) is -3.70. The lowest BCUT2D eigenvalue weighted by Crippen LogP contribution is -2.42. The fourth-order valence-corrected chi connectivity index (χ4v) is 0.296. The Morgan fingerprint density at radius 3 is 1.45 bits per heavy atom. The lowest BCUT2D eigenvalue weighted by Gasteiger charge is -2.19. The highest BCUT2D eigenvalue weighted by Crippen LogP contribution is 2.27. The van der Waals surface area contributed by atoms with Gasteiger partial charge in [0.15, 0.2) is 0 Å². The van der Waals surface area contributed by atoms with Crippen molar-refractivity contribution >= 4 is 11.6 Å². The molecule has 0 heterocycles. The van der Waals surface area contributed by atoms with Gasteiger partial charge < -0.3 is 0 Å². The quantitative estimate of drug-likeness (QED) is 0.385. The van der Waals surface area contributed by atoms with Crippen LogP contribution >= 0.6 is 11.6 Å². The summed E-state index contributed by atoms with van der Waals surface area (Å²) in [6.07, 6.45) is 0. The van der Waals surface area contributed by atoms with Crippen molar-refractivity contribution < 1.29 is 37.9 Å². The average molecular weight is 200 g/mol. The van der Waals surface area contributed by atoms with Gasteiger partial charge in [0.2, 0.25) is 0 Å². The molecule has 68 valence electrons. The van der Waals surface area contributed by atoms with Crippen molar-refractivity contribution in [2.45, 2.75) is 11.5 Å². The van der Waals surface area contributed by atoms with Gasteiger partial charge in [0.1, 0.15) is 0 Å². The van der Waals surface area contributed by atoms with Crippen LogP contribution in [0.4, 0.5) is 18.1 Å². The first kappa shape index (κ1) is 10.8. The van der Waals surface area contributed by atoms with Crippen LogP contribution in [0.15, 0.2) is 0 Å². The lowest BCUT2D eigenvalue weighted by molar-refractivity contribution is -0.566. The molecule has 11 heavy (non-hydrogen) atoms. The zero-order valence-corrected chi connectivity index (χ0v) is 5.36. The zero-order valence-electron chi connectivity index (χ0n) is 4.60. The molecule has 0 aromatic heterocycles. The molecular formula is C2HClF4O4. The largest absolute Gasteiger partial charge is 0.423 e. The van der Waals surface area contributed by atoms with Crippen molar-refractivity contribution in [2.75, 3.05) is 0 Å². The molecule has 0 rings (SSSR count). The monoisotopic (exact) mass is 200 g/mol. The molecule has 0 aromatic carbocycles. The summed E-state index contributed by atoms with van der Waals surface area (Å²) >= 11 is 4.60. The Morgan fingerprint density at radius 2 is 1.36 bits per heavy atom. The number of hydrogen-bond acceptors (Lipinski definition) is 4. The van der Waals surface area contributed by atoms with Gasteiger partial charge in [-0.15, -0.1) is 14.8 Å². The van der Waals surface area contributed by atoms with E-state index in [1.165, 1.54) is 0 Å². The van der Waals surface area contributed by atoms with Gasteiger partial charge in [-0.05, 0) is 18.1 Å². The van der Waals surface area contributed by atoms with E-state index < -0.39 is 11.5 Å². The van der Waals surface area contributed by atoms with E-state index in [1.54, 1.807) is 0 Å². The molecule has 0 bridgehead atoms. The first-order valence-electron chi connectivity index (χ1n) is 1.97. The van der Waals surface area contributed by atoms with E-state index in [0.29, 0.717) is 0 Å². The van der Waals surface area contributed by atoms with E-state index >= 15 is 0 Å². The molecule has 0 N–H and O–H groups in total. The highest BCUT2D eigenvalue weighted by molar-refractivity contribution is 6.20. The summed E-state index contributed by atoms with van der Waals surface area (Å²) in [6.45, 7) is 0. The second kappa shape index (κ2) is 4.67. The SMILES string of the molecule is FOC(Cl)C(OF)(OF)OF. The second-order valence-corrected chi connectivity index (χ2v) is 1.64. The minimum absolute atomic E-state index is 2.40. The standard InChI is InChI=1S/C2HClF4O4/c3-1(8-4)2(9-5,10-6)11-7/h1H. The van der Waals surface area contributed by atoms with E-state index in [4.69, 9.17) is 0 Å². The molecule has 0 fully saturated rings. The van der Waals surface area contributed by atoms with Crippen molar-refractivity contribution in [1.29, 1.82) is 0 Å². The van der Waals surface area contributed by atoms with Crippen LogP contribution in [-0.2, 0) is 19.8 Å². The summed E-state index contributed by atoms with van der Waals surface area (Å²) in [7, 11) is 0. The third-order valence-electron chi connectivity index (χ3n) is 0.679. The predicted molar refractivity (Wildman–Crippen MR) is 21.1 cm³/mol. The Morgan fingerprint density at radius 1 is 1.00 bits per heavy atom. The Kier molecular flexibility index (Phi) is 4.61. The molecule has 1 atom stereocenters. The molecule has 0 aromatic rings. The topological polar surface area (TPSA) is 36.9 Å². The molecule has 0 saturated heterocycles. The first-order chi connectivity index (χ1) is 5.16. The minimum Gasteiger partial charge on any atom is -0.165 e. The molecule has 0 amide bonds. The van der Waals surface area contributed by atoms with E-state index in [9.17, 15) is 18.1 Å². The van der Waals surface area contributed by atoms with Crippen LogP contribution in [-0.4, -0.2) is 11.5 Å². The Labute approximate surface area is 62.1 Å². The zero-order chi connectivity index (χ0) is 8.91. The highest BCUT2D eigenvalue weighted by Gasteiger charge is 2.50. The van der Waals surface area contributed by atoms with E-state index in [2.05, 4.69) is 31.4 Å². The van der Waals surface area contributed by atoms with Crippen molar-refractivity contribution in [1.82, 2.24) is 0 Å². The van der Waals surface area contributed by atoms with Crippen LogP contribution in [0.1, 0.15) is 0 Å². The van der Waals surface area contributed by atoms with Gasteiger partial charge in [-0.25, -0.2) is 0 Å². The number of halogens is 5. The molecular weight excluding hydrogens is 199 g/mol. The maximum atomic E-state index is 11.2. The van der Waals surface area contributed by atoms with Crippen molar-refractivity contribution in [3.8, 4) is 0 Å². The van der Waals surface area contributed by atoms with Gasteiger partial charge in [-0.2, -0.15) is 4.94 Å². The first-order valence-corrected chi connectivity index (χ1v) is 2.41. The molecule has 0 aliphatic carbocycles. The van der Waals surface area contributed by atoms with Gasteiger partial charge in [-0.3, -0.25) is 0 Å². The molecule has 9 heteroatoms. The lowest BCUT2D eigenvalue weighted by atomic mass is 10.6. The molecule has 0 saturated carbocycles. The minimum atomic E-state index is -3.70. The Balaban J connectivity index is 4.26. The number of rotatable bonds is 5. The van der Waals surface area contributed by atoms with Crippen LogP contribution < -0.4 is 0 Å². The average Bonchev–Trinajstić information content (AvgIpc) is 2.08. The molecule has 0 aliphatic rings. The van der Waals surface area contributed by atoms with Crippen molar-refractivity contribution in [2.24, 2.45) is 0 Å². The smallest absolute Gasteiger partial charge is 0.165 e. The summed E-state index contributed by atoms with van der Waals surface area (Å²) in [4.78, 5) is 9.75. The van der Waals surface area contributed by atoms with Crippen LogP contribution in [0.2, 0.25) is 0 Å². The summed E-state index contributed by atoms with van der Waals surface area (Å²) < 4.78 is 44.6. The van der Waals surface area contributed by atoms with Gasteiger partial charge in [0.25, 0.3) is 5.56 Å². The Hall–Kier alpha value is -0.150. The molecule has 1 unspecified atom stereocenters. The second-order valence-electron chi connectivity index (χ2n) is 1.24. The maximum absolute atomic E-state index is 11.2. The summed E-state index contributed by atoms with van der Waals surface area (Å²) in [6, 6.07) is 0. The van der Waals surface area contributed by atoms with E-state index in [-0.39, 0.29) is 0 Å². The fourth-order valence-electron chi connectivity index (χ4n) is 0.195. The van der Waals surface area contributed by atoms with Crippen molar-refractivity contribution in [3.63, 3.8) is 0 Å². The molecule has 4 nitrogen and oxygen atoms in total. The third-order valence-corrected chi connectivity index (χ3v) is 1.01. The van der Waals surface area contributed by atoms with Gasteiger partial charge in [0.05, 0.1) is 0 Å². The summed E-state index contributed by atoms with van der Waals surface area (Å²) in [5, 5.41) is 0. The van der Waals surface area contributed by atoms with Crippen molar-refractivity contribution in [3.05, 3.63) is 0 Å². The predicted octanol–water partition coefficient (Wildman–Crippen LogP) is 1.81. The maximum Gasteiger partial charge on any atom is 0.423 e. The van der Waals surface area contributed by atoms with Gasteiger partial charge in [0, 0.05) is 0 Å². The van der Waals surface area contributed by atoms with Gasteiger partial charge in [-0.1, -0.05) is 11.6 Å². The van der Waals surface area contributed by atoms with Crippen LogP contribution in [0.5, 0.6) is 0 Å². The fraction of sp³-hybridized carbons (Fsp3) is 1.00. The van der Waals surface area contributed by atoms with Gasteiger partial charge >= 0.3 is 5.97 Å². The summed E-state index contributed by atoms with van der Waals surface area (Å²) in [5.41, 5.74) is -2.59. The normalized spacial score (nSPS) is 15.0. The van der Waals surface area contributed by atoms with Crippen LogP contribution in [0.25, 0.3) is 0 Å². The molecule has 0 spiro atoms. The third kappa shape index (κ3) is 2.14. The number of hydrogen-bond donors (Lipinski definition) is 0. The van der Waals surface area contributed by atoms with Crippen LogP contribution in [0.3, 0.4) is 0 Å². The molecule has 0 radical (unpaired) electrons. The van der Waals surface area contributed by atoms with E-state index in [1.807, 2.05) is 0 Å². The molecule has 0 aliphatic heterocycles. The highest BCUT2D eigenvalue weighted by atomic mass is 35.5. The number of alkyl halides is 1. The Bertz CT molecular complexity index is 102.